The van der Waals surface area contributed by atoms with Crippen LogP contribution in [0, 0.1) is 5.82 Å². The van der Waals surface area contributed by atoms with Gasteiger partial charge in [0.25, 0.3) is 0 Å². The number of para-hydroxylation sites is 1. The summed E-state index contributed by atoms with van der Waals surface area (Å²) in [5, 5.41) is 0. The lowest BCUT2D eigenvalue weighted by molar-refractivity contribution is 0.0769. The van der Waals surface area contributed by atoms with Gasteiger partial charge >= 0.3 is 0 Å². The van der Waals surface area contributed by atoms with Gasteiger partial charge in [-0.05, 0) is 27.0 Å². The molecular formula is C12H16FNO. The molecule has 0 aliphatic carbocycles. The van der Waals surface area contributed by atoms with Gasteiger partial charge in [-0.3, -0.25) is 4.90 Å². The topological polar surface area (TPSA) is 12.5 Å². The van der Waals surface area contributed by atoms with Crippen LogP contribution in [-0.2, 0) is 6.54 Å². The Morgan fingerprint density at radius 2 is 2.13 bits per heavy atom. The van der Waals surface area contributed by atoms with Crippen molar-refractivity contribution in [3.05, 3.63) is 29.6 Å². The molecule has 1 aliphatic rings. The summed E-state index contributed by atoms with van der Waals surface area (Å²) >= 11 is 0. The Bertz CT molecular complexity index is 376. The maximum Gasteiger partial charge on any atom is 0.165 e. The average molecular weight is 209 g/mol. The Morgan fingerprint density at radius 1 is 1.40 bits per heavy atom. The third kappa shape index (κ3) is 2.12. The van der Waals surface area contributed by atoms with E-state index >= 15 is 0 Å². The fraction of sp³-hybridized carbons (Fsp3) is 0.500. The summed E-state index contributed by atoms with van der Waals surface area (Å²) in [6, 6.07) is 5.08. The van der Waals surface area contributed by atoms with Crippen LogP contribution < -0.4 is 4.74 Å². The van der Waals surface area contributed by atoms with E-state index in [1.807, 2.05) is 27.0 Å². The minimum absolute atomic E-state index is 0.268. The molecule has 2 rings (SSSR count). The predicted octanol–water partition coefficient (Wildman–Crippen LogP) is 2.43. The Morgan fingerprint density at radius 3 is 2.87 bits per heavy atom. The first kappa shape index (κ1) is 10.4. The number of nitrogens with zero attached hydrogens (tertiary/aromatic N) is 1. The minimum Gasteiger partial charge on any atom is -0.483 e. The zero-order chi connectivity index (χ0) is 11.1. The molecule has 1 aromatic rings. The van der Waals surface area contributed by atoms with E-state index in [9.17, 15) is 4.39 Å². The zero-order valence-electron chi connectivity index (χ0n) is 9.38. The molecule has 0 saturated heterocycles. The van der Waals surface area contributed by atoms with Crippen molar-refractivity contribution < 1.29 is 9.13 Å². The molecule has 0 spiro atoms. The van der Waals surface area contributed by atoms with E-state index in [-0.39, 0.29) is 11.4 Å². The second kappa shape index (κ2) is 3.49. The van der Waals surface area contributed by atoms with E-state index in [2.05, 4.69) is 4.90 Å². The molecule has 3 heteroatoms. The number of fused-ring (bicyclic) bond motifs is 1. The fourth-order valence-corrected chi connectivity index (χ4v) is 2.10. The van der Waals surface area contributed by atoms with Crippen molar-refractivity contribution in [2.24, 2.45) is 0 Å². The van der Waals surface area contributed by atoms with E-state index in [4.69, 9.17) is 4.74 Å². The standard InChI is InChI=1S/C12H16FNO/c1-12(2)8-14(3)7-9-5-4-6-10(13)11(9)15-12/h4-6H,7-8H2,1-3H3. The number of hydrogen-bond acceptors (Lipinski definition) is 2. The second-order valence-corrected chi connectivity index (χ2v) is 4.76. The van der Waals surface area contributed by atoms with Gasteiger partial charge < -0.3 is 4.74 Å². The highest BCUT2D eigenvalue weighted by molar-refractivity contribution is 5.36. The number of hydrogen-bond donors (Lipinski definition) is 0. The van der Waals surface area contributed by atoms with Crippen molar-refractivity contribution in [3.63, 3.8) is 0 Å². The van der Waals surface area contributed by atoms with Crippen LogP contribution in [0.3, 0.4) is 0 Å². The molecular weight excluding hydrogens is 193 g/mol. The normalized spacial score (nSPS) is 20.3. The van der Waals surface area contributed by atoms with Gasteiger partial charge in [-0.25, -0.2) is 4.39 Å². The predicted molar refractivity (Wildman–Crippen MR) is 57.4 cm³/mol. The Hall–Kier alpha value is -1.09. The van der Waals surface area contributed by atoms with Crippen LogP contribution in [0.4, 0.5) is 4.39 Å². The van der Waals surface area contributed by atoms with Crippen LogP contribution >= 0.6 is 0 Å². The van der Waals surface area contributed by atoms with Crippen LogP contribution in [0.5, 0.6) is 5.75 Å². The van der Waals surface area contributed by atoms with Gasteiger partial charge in [0.2, 0.25) is 0 Å². The highest BCUT2D eigenvalue weighted by atomic mass is 19.1. The maximum absolute atomic E-state index is 13.6. The number of halogens is 1. The molecule has 0 amide bonds. The Kier molecular flexibility index (Phi) is 2.43. The smallest absolute Gasteiger partial charge is 0.165 e. The molecule has 1 aromatic carbocycles. The van der Waals surface area contributed by atoms with Gasteiger partial charge in [0.1, 0.15) is 5.60 Å². The molecule has 1 heterocycles. The van der Waals surface area contributed by atoms with E-state index in [1.54, 1.807) is 6.07 Å². The highest BCUT2D eigenvalue weighted by Crippen LogP contribution is 2.30. The van der Waals surface area contributed by atoms with Crippen molar-refractivity contribution in [1.82, 2.24) is 4.90 Å². The van der Waals surface area contributed by atoms with E-state index < -0.39 is 0 Å². The Balaban J connectivity index is 2.46. The summed E-state index contributed by atoms with van der Waals surface area (Å²) in [5.74, 6) is 0.141. The van der Waals surface area contributed by atoms with Crippen LogP contribution in [0.2, 0.25) is 0 Å². The van der Waals surface area contributed by atoms with Gasteiger partial charge in [-0.1, -0.05) is 12.1 Å². The zero-order valence-corrected chi connectivity index (χ0v) is 9.38. The minimum atomic E-state index is -0.345. The van der Waals surface area contributed by atoms with Crippen molar-refractivity contribution >= 4 is 0 Å². The molecule has 0 radical (unpaired) electrons. The second-order valence-electron chi connectivity index (χ2n) is 4.76. The maximum atomic E-state index is 13.6. The molecule has 15 heavy (non-hydrogen) atoms. The third-order valence-corrected chi connectivity index (χ3v) is 2.52. The quantitative estimate of drug-likeness (QED) is 0.650. The van der Waals surface area contributed by atoms with Crippen molar-refractivity contribution in [2.45, 2.75) is 26.0 Å². The lowest BCUT2D eigenvalue weighted by Crippen LogP contribution is -2.38. The molecule has 0 aromatic heterocycles. The first-order valence-corrected chi connectivity index (χ1v) is 5.13. The van der Waals surface area contributed by atoms with Crippen LogP contribution in [0.15, 0.2) is 18.2 Å². The number of ether oxygens (including phenoxy) is 1. The van der Waals surface area contributed by atoms with Gasteiger partial charge in [-0.15, -0.1) is 0 Å². The molecule has 0 fully saturated rings. The largest absolute Gasteiger partial charge is 0.483 e. The molecule has 0 bridgehead atoms. The lowest BCUT2D eigenvalue weighted by Gasteiger charge is -2.27. The summed E-state index contributed by atoms with van der Waals surface area (Å²) in [6.45, 7) is 5.48. The van der Waals surface area contributed by atoms with Crippen molar-refractivity contribution in [1.29, 1.82) is 0 Å². The van der Waals surface area contributed by atoms with Crippen molar-refractivity contribution in [2.75, 3.05) is 13.6 Å². The summed E-state index contributed by atoms with van der Waals surface area (Å²) in [7, 11) is 2.02. The molecule has 0 atom stereocenters. The summed E-state index contributed by atoms with van der Waals surface area (Å²) in [4.78, 5) is 2.14. The highest BCUT2D eigenvalue weighted by Gasteiger charge is 2.28. The molecule has 82 valence electrons. The van der Waals surface area contributed by atoms with Crippen LogP contribution in [0.1, 0.15) is 19.4 Å². The van der Waals surface area contributed by atoms with Crippen LogP contribution in [0.25, 0.3) is 0 Å². The van der Waals surface area contributed by atoms with E-state index in [0.717, 1.165) is 18.7 Å². The van der Waals surface area contributed by atoms with E-state index in [0.29, 0.717) is 5.75 Å². The summed E-state index contributed by atoms with van der Waals surface area (Å²) < 4.78 is 19.3. The molecule has 0 unspecified atom stereocenters. The van der Waals surface area contributed by atoms with Gasteiger partial charge in [-0.2, -0.15) is 0 Å². The third-order valence-electron chi connectivity index (χ3n) is 2.52. The molecule has 0 saturated carbocycles. The first-order chi connectivity index (χ1) is 6.98. The molecule has 1 aliphatic heterocycles. The van der Waals surface area contributed by atoms with Gasteiger partial charge in [0.05, 0.1) is 0 Å². The number of rotatable bonds is 0. The SMILES string of the molecule is CN1Cc2cccc(F)c2OC(C)(C)C1. The van der Waals surface area contributed by atoms with Gasteiger partial charge in [0, 0.05) is 18.7 Å². The van der Waals surface area contributed by atoms with E-state index in [1.165, 1.54) is 6.07 Å². The number of benzene rings is 1. The Labute approximate surface area is 89.7 Å². The lowest BCUT2D eigenvalue weighted by atomic mass is 10.1. The molecule has 2 nitrogen and oxygen atoms in total. The summed E-state index contributed by atoms with van der Waals surface area (Å²) in [5.41, 5.74) is 0.574. The monoisotopic (exact) mass is 209 g/mol. The molecule has 0 N–H and O–H groups in total. The van der Waals surface area contributed by atoms with Crippen LogP contribution in [-0.4, -0.2) is 24.1 Å². The van der Waals surface area contributed by atoms with Crippen molar-refractivity contribution in [3.8, 4) is 5.75 Å². The van der Waals surface area contributed by atoms with Gasteiger partial charge in [0.15, 0.2) is 11.6 Å². The first-order valence-electron chi connectivity index (χ1n) is 5.13. The average Bonchev–Trinajstić information content (AvgIpc) is 2.20. The fourth-order valence-electron chi connectivity index (χ4n) is 2.10. The summed E-state index contributed by atoms with van der Waals surface area (Å²) in [6.07, 6.45) is 0. The number of likely N-dealkylation sites (N-methyl/N-ethyl adjacent to an activating group) is 1.